The van der Waals surface area contributed by atoms with Crippen molar-refractivity contribution in [1.29, 1.82) is 0 Å². The molecule has 0 aliphatic heterocycles. The summed E-state index contributed by atoms with van der Waals surface area (Å²) in [6, 6.07) is -0.323. The lowest BCUT2D eigenvalue weighted by atomic mass is 10.2. The number of rotatable bonds is 4. The van der Waals surface area contributed by atoms with E-state index in [0.29, 0.717) is 23.8 Å². The Hall–Kier alpha value is -2.02. The second-order valence-electron chi connectivity index (χ2n) is 2.94. The van der Waals surface area contributed by atoms with Crippen LogP contribution in [0.25, 0.3) is 11.5 Å². The van der Waals surface area contributed by atoms with Gasteiger partial charge in [0.2, 0.25) is 11.7 Å². The van der Waals surface area contributed by atoms with E-state index in [0.717, 1.165) is 0 Å². The average Bonchev–Trinajstić information content (AvgIpc) is 2.89. The number of nitrogens with zero attached hydrogens (tertiary/aromatic N) is 4. The van der Waals surface area contributed by atoms with Crippen molar-refractivity contribution in [1.82, 2.24) is 25.6 Å². The number of H-pyrrole nitrogens is 1. The third-order valence-corrected chi connectivity index (χ3v) is 1.82. The minimum absolute atomic E-state index is 0.323. The molecule has 0 fully saturated rings. The first-order valence-corrected chi connectivity index (χ1v) is 4.37. The second kappa shape index (κ2) is 4.01. The molecule has 0 spiro atoms. The van der Waals surface area contributed by atoms with Crippen molar-refractivity contribution in [3.05, 3.63) is 24.7 Å². The van der Waals surface area contributed by atoms with Gasteiger partial charge < -0.3 is 10.3 Å². The first-order valence-electron chi connectivity index (χ1n) is 4.37. The third kappa shape index (κ3) is 1.91. The summed E-state index contributed by atoms with van der Waals surface area (Å²) in [6.45, 7) is 3.59. The van der Waals surface area contributed by atoms with Crippen molar-refractivity contribution in [3.8, 4) is 11.5 Å². The molecule has 0 saturated heterocycles. The normalized spacial score (nSPS) is 12.6. The molecule has 0 amide bonds. The topological polar surface area (TPSA) is 107 Å². The lowest BCUT2D eigenvalue weighted by Gasteiger charge is -1.99. The molecule has 7 heteroatoms. The SMILES string of the molecule is C=CCC(N)c1nc(-c2cn[nH]n2)no1. The van der Waals surface area contributed by atoms with Gasteiger partial charge in [0.05, 0.1) is 12.2 Å². The van der Waals surface area contributed by atoms with Crippen LogP contribution in [0.2, 0.25) is 0 Å². The van der Waals surface area contributed by atoms with Gasteiger partial charge in [-0.2, -0.15) is 20.4 Å². The summed E-state index contributed by atoms with van der Waals surface area (Å²) in [5.41, 5.74) is 6.28. The fourth-order valence-corrected chi connectivity index (χ4v) is 1.08. The molecular formula is C8H10N6O. The van der Waals surface area contributed by atoms with Gasteiger partial charge in [0.1, 0.15) is 0 Å². The third-order valence-electron chi connectivity index (χ3n) is 1.82. The Morgan fingerprint density at radius 1 is 1.67 bits per heavy atom. The maximum Gasteiger partial charge on any atom is 0.244 e. The van der Waals surface area contributed by atoms with Gasteiger partial charge in [0.25, 0.3) is 0 Å². The summed E-state index contributed by atoms with van der Waals surface area (Å²) in [6.07, 6.45) is 3.79. The van der Waals surface area contributed by atoms with Gasteiger partial charge in [0, 0.05) is 0 Å². The first kappa shape index (κ1) is 9.53. The molecule has 0 aliphatic rings. The van der Waals surface area contributed by atoms with E-state index >= 15 is 0 Å². The molecule has 0 aliphatic carbocycles. The van der Waals surface area contributed by atoms with Crippen LogP contribution < -0.4 is 5.73 Å². The Morgan fingerprint density at radius 3 is 3.20 bits per heavy atom. The van der Waals surface area contributed by atoms with E-state index in [2.05, 4.69) is 32.1 Å². The Morgan fingerprint density at radius 2 is 2.53 bits per heavy atom. The number of aromatic amines is 1. The predicted octanol–water partition coefficient (Wildman–Crippen LogP) is 0.431. The molecule has 2 aromatic rings. The minimum atomic E-state index is -0.323. The zero-order valence-electron chi connectivity index (χ0n) is 7.92. The fraction of sp³-hybridized carbons (Fsp3) is 0.250. The standard InChI is InChI=1S/C8H10N6O/c1-2-3-5(9)8-11-7(13-15-8)6-4-10-14-12-6/h2,4-5H,1,3,9H2,(H,10,12,14). The highest BCUT2D eigenvalue weighted by Gasteiger charge is 2.15. The van der Waals surface area contributed by atoms with Gasteiger partial charge in [-0.3, -0.25) is 0 Å². The summed E-state index contributed by atoms with van der Waals surface area (Å²) in [7, 11) is 0. The van der Waals surface area contributed by atoms with E-state index in [9.17, 15) is 0 Å². The molecule has 1 atom stereocenters. The first-order chi connectivity index (χ1) is 7.31. The Labute approximate surface area is 85.4 Å². The van der Waals surface area contributed by atoms with Crippen molar-refractivity contribution in [2.24, 2.45) is 5.73 Å². The van der Waals surface area contributed by atoms with E-state index in [4.69, 9.17) is 10.3 Å². The van der Waals surface area contributed by atoms with Crippen LogP contribution in [0, 0.1) is 0 Å². The molecule has 2 aromatic heterocycles. The molecule has 0 aromatic carbocycles. The van der Waals surface area contributed by atoms with Crippen LogP contribution in [-0.4, -0.2) is 25.6 Å². The van der Waals surface area contributed by atoms with E-state index in [-0.39, 0.29) is 6.04 Å². The van der Waals surface area contributed by atoms with E-state index in [1.807, 2.05) is 0 Å². The summed E-state index contributed by atoms with van der Waals surface area (Å²) in [5.74, 6) is 0.742. The molecule has 0 radical (unpaired) electrons. The molecule has 3 N–H and O–H groups in total. The van der Waals surface area contributed by atoms with Crippen molar-refractivity contribution in [2.45, 2.75) is 12.5 Å². The number of hydrogen-bond donors (Lipinski definition) is 2. The number of aromatic nitrogens is 5. The highest BCUT2D eigenvalue weighted by atomic mass is 16.5. The van der Waals surface area contributed by atoms with Crippen LogP contribution in [0.5, 0.6) is 0 Å². The smallest absolute Gasteiger partial charge is 0.244 e. The van der Waals surface area contributed by atoms with Crippen LogP contribution in [0.3, 0.4) is 0 Å². The molecular weight excluding hydrogens is 196 g/mol. The molecule has 78 valence electrons. The molecule has 2 rings (SSSR count). The minimum Gasteiger partial charge on any atom is -0.337 e. The molecule has 1 unspecified atom stereocenters. The zero-order valence-corrected chi connectivity index (χ0v) is 7.92. The molecule has 2 heterocycles. The van der Waals surface area contributed by atoms with Gasteiger partial charge in [-0.1, -0.05) is 11.2 Å². The van der Waals surface area contributed by atoms with Crippen molar-refractivity contribution in [2.75, 3.05) is 0 Å². The zero-order chi connectivity index (χ0) is 10.7. The molecule has 0 bridgehead atoms. The van der Waals surface area contributed by atoms with Gasteiger partial charge in [-0.15, -0.1) is 6.58 Å². The predicted molar refractivity (Wildman–Crippen MR) is 51.4 cm³/mol. The van der Waals surface area contributed by atoms with Gasteiger partial charge in [-0.05, 0) is 6.42 Å². The second-order valence-corrected chi connectivity index (χ2v) is 2.94. The Balaban J connectivity index is 2.20. The quantitative estimate of drug-likeness (QED) is 0.702. The Kier molecular flexibility index (Phi) is 2.55. The summed E-state index contributed by atoms with van der Waals surface area (Å²) in [4.78, 5) is 4.10. The maximum absolute atomic E-state index is 5.76. The monoisotopic (exact) mass is 206 g/mol. The lowest BCUT2D eigenvalue weighted by Crippen LogP contribution is -2.09. The van der Waals surface area contributed by atoms with E-state index in [1.165, 1.54) is 6.20 Å². The van der Waals surface area contributed by atoms with Gasteiger partial charge >= 0.3 is 0 Å². The molecule has 7 nitrogen and oxygen atoms in total. The van der Waals surface area contributed by atoms with Crippen LogP contribution in [-0.2, 0) is 0 Å². The highest BCUT2D eigenvalue weighted by molar-refractivity contribution is 5.44. The largest absolute Gasteiger partial charge is 0.337 e. The fourth-order valence-electron chi connectivity index (χ4n) is 1.08. The Bertz CT molecular complexity index is 434. The van der Waals surface area contributed by atoms with Gasteiger partial charge in [0.15, 0.2) is 5.69 Å². The molecule has 0 saturated carbocycles. The van der Waals surface area contributed by atoms with Crippen molar-refractivity contribution >= 4 is 0 Å². The number of nitrogens with one attached hydrogen (secondary N) is 1. The number of hydrogen-bond acceptors (Lipinski definition) is 6. The van der Waals surface area contributed by atoms with Crippen LogP contribution in [0.4, 0.5) is 0 Å². The van der Waals surface area contributed by atoms with E-state index in [1.54, 1.807) is 6.08 Å². The summed E-state index contributed by atoms with van der Waals surface area (Å²) < 4.78 is 4.99. The maximum atomic E-state index is 5.76. The highest BCUT2D eigenvalue weighted by Crippen LogP contribution is 2.16. The number of nitrogens with two attached hydrogens (primary N) is 1. The van der Waals surface area contributed by atoms with E-state index < -0.39 is 0 Å². The average molecular weight is 206 g/mol. The summed E-state index contributed by atoms with van der Waals surface area (Å²) >= 11 is 0. The van der Waals surface area contributed by atoms with Crippen molar-refractivity contribution in [3.63, 3.8) is 0 Å². The molecule has 15 heavy (non-hydrogen) atoms. The van der Waals surface area contributed by atoms with Crippen molar-refractivity contribution < 1.29 is 4.52 Å². The van der Waals surface area contributed by atoms with Gasteiger partial charge in [-0.25, -0.2) is 0 Å². The van der Waals surface area contributed by atoms with Crippen LogP contribution in [0.1, 0.15) is 18.4 Å². The van der Waals surface area contributed by atoms with Crippen LogP contribution >= 0.6 is 0 Å². The summed E-state index contributed by atoms with van der Waals surface area (Å²) in [5, 5.41) is 13.7. The lowest BCUT2D eigenvalue weighted by molar-refractivity contribution is 0.355. The van der Waals surface area contributed by atoms with Crippen LogP contribution in [0.15, 0.2) is 23.4 Å².